The Bertz CT molecular complexity index is 817. The molecule has 3 radical (unpaired) electrons. The van der Waals surface area contributed by atoms with Crippen LogP contribution in [0.15, 0.2) is 48.5 Å². The number of nitrogens with zero attached hydrogens (tertiary/aromatic N) is 3. The smallest absolute Gasteiger partial charge is 0.145 e. The minimum atomic E-state index is 0. The Kier molecular flexibility index (Phi) is 9.06. The molecule has 0 saturated carbocycles. The second-order valence-electron chi connectivity index (χ2n) is 6.05. The summed E-state index contributed by atoms with van der Waals surface area (Å²) >= 11 is 0. The average molecular weight is 363 g/mol. The van der Waals surface area contributed by atoms with Gasteiger partial charge in [-0.2, -0.15) is 0 Å². The fourth-order valence-electron chi connectivity index (χ4n) is 3.71. The minimum absolute atomic E-state index is 0. The lowest BCUT2D eigenvalue weighted by atomic mass is 9.85. The van der Waals surface area contributed by atoms with Crippen LogP contribution in [0.4, 0.5) is 5.82 Å². The van der Waals surface area contributed by atoms with Crippen LogP contribution < -0.4 is 5.73 Å². The van der Waals surface area contributed by atoms with Crippen molar-refractivity contribution in [2.24, 2.45) is 11.8 Å². The number of rotatable bonds is 3. The molecule has 2 aliphatic carbocycles. The maximum absolute atomic E-state index is 6.12. The zero-order valence-electron chi connectivity index (χ0n) is 17.3. The molecule has 0 saturated heterocycles. The van der Waals surface area contributed by atoms with E-state index in [9.17, 15) is 0 Å². The summed E-state index contributed by atoms with van der Waals surface area (Å²) in [4.78, 5) is 8.60. The summed E-state index contributed by atoms with van der Waals surface area (Å²) in [7, 11) is 0. The number of allylic oxidation sites excluding steroid dienone is 6. The third-order valence-corrected chi connectivity index (χ3v) is 4.83. The molecular weight excluding hydrogens is 331 g/mol. The number of hydrogen-bond acceptors (Lipinski definition) is 3. The van der Waals surface area contributed by atoms with E-state index in [-0.39, 0.29) is 8.41 Å². The molecule has 2 unspecified atom stereocenters. The summed E-state index contributed by atoms with van der Waals surface area (Å²) < 4.78 is 2.16. The van der Waals surface area contributed by atoms with Crippen molar-refractivity contribution in [2.75, 3.05) is 5.73 Å². The highest BCUT2D eigenvalue weighted by atomic mass is 15.1. The van der Waals surface area contributed by atoms with Gasteiger partial charge in [0.15, 0.2) is 0 Å². The molecule has 0 spiro atoms. The van der Waals surface area contributed by atoms with Crippen molar-refractivity contribution in [1.29, 1.82) is 0 Å². The van der Waals surface area contributed by atoms with Crippen molar-refractivity contribution in [1.82, 2.24) is 14.5 Å². The first-order chi connectivity index (χ1) is 12.8. The quantitative estimate of drug-likeness (QED) is 0.621. The number of nitrogen functional groups attached to an aromatic ring is 1. The zero-order chi connectivity index (χ0) is 19.1. The van der Waals surface area contributed by atoms with Crippen LogP contribution in [0, 0.1) is 11.8 Å². The van der Waals surface area contributed by atoms with Gasteiger partial charge in [0.05, 0.1) is 5.39 Å². The first-order valence-electron chi connectivity index (χ1n) is 9.90. The predicted molar refractivity (Wildman–Crippen MR) is 118 cm³/mol. The molecule has 27 heavy (non-hydrogen) atoms. The SMILES string of the molecule is CC.CC.CCn1cc(CC2=CCC3C=CC=CC23)c2c(N)ncnc21.[B]. The molecular formula is C22H32BN4. The van der Waals surface area contributed by atoms with Crippen LogP contribution in [0.1, 0.15) is 46.6 Å². The van der Waals surface area contributed by atoms with Crippen molar-refractivity contribution in [2.45, 2.75) is 54.0 Å². The van der Waals surface area contributed by atoms with Crippen LogP contribution in [0.2, 0.25) is 0 Å². The Morgan fingerprint density at radius 3 is 2.52 bits per heavy atom. The molecule has 0 aromatic carbocycles. The molecule has 0 bridgehead atoms. The Morgan fingerprint density at radius 1 is 1.11 bits per heavy atom. The number of fused-ring (bicyclic) bond motifs is 2. The van der Waals surface area contributed by atoms with E-state index in [1.807, 2.05) is 27.7 Å². The molecule has 4 rings (SSSR count). The fraction of sp³-hybridized carbons (Fsp3) is 0.455. The highest BCUT2D eigenvalue weighted by Gasteiger charge is 2.27. The van der Waals surface area contributed by atoms with Gasteiger partial charge in [-0.3, -0.25) is 0 Å². The molecule has 4 nitrogen and oxygen atoms in total. The Hall–Kier alpha value is -2.30. The Morgan fingerprint density at radius 2 is 1.81 bits per heavy atom. The van der Waals surface area contributed by atoms with Gasteiger partial charge in [0.1, 0.15) is 17.8 Å². The summed E-state index contributed by atoms with van der Waals surface area (Å²) in [5.41, 5.74) is 9.80. The summed E-state index contributed by atoms with van der Waals surface area (Å²) in [5.74, 6) is 1.76. The first kappa shape index (κ1) is 22.7. The maximum atomic E-state index is 6.12. The van der Waals surface area contributed by atoms with E-state index < -0.39 is 0 Å². The van der Waals surface area contributed by atoms with Crippen LogP contribution in [-0.4, -0.2) is 22.9 Å². The van der Waals surface area contributed by atoms with Gasteiger partial charge in [0, 0.05) is 27.1 Å². The monoisotopic (exact) mass is 363 g/mol. The second-order valence-corrected chi connectivity index (χ2v) is 6.05. The average Bonchev–Trinajstić information content (AvgIpc) is 3.28. The van der Waals surface area contributed by atoms with Crippen LogP contribution in [0.5, 0.6) is 0 Å². The fourth-order valence-corrected chi connectivity index (χ4v) is 3.71. The van der Waals surface area contributed by atoms with Gasteiger partial charge in [0.2, 0.25) is 0 Å². The van der Waals surface area contributed by atoms with Gasteiger partial charge in [-0.1, -0.05) is 63.6 Å². The van der Waals surface area contributed by atoms with E-state index in [4.69, 9.17) is 5.73 Å². The third kappa shape index (κ3) is 4.52. The minimum Gasteiger partial charge on any atom is -0.383 e. The van der Waals surface area contributed by atoms with Crippen LogP contribution in [0.3, 0.4) is 0 Å². The number of aromatic nitrogens is 3. The van der Waals surface area contributed by atoms with Crippen molar-refractivity contribution in [3.63, 3.8) is 0 Å². The van der Waals surface area contributed by atoms with Crippen molar-refractivity contribution < 1.29 is 0 Å². The van der Waals surface area contributed by atoms with Gasteiger partial charge in [0.25, 0.3) is 0 Å². The summed E-state index contributed by atoms with van der Waals surface area (Å²) in [6.07, 6.45) is 17.2. The van der Waals surface area contributed by atoms with E-state index in [1.54, 1.807) is 6.33 Å². The third-order valence-electron chi connectivity index (χ3n) is 4.83. The molecule has 143 valence electrons. The Labute approximate surface area is 165 Å². The molecule has 2 N–H and O–H groups in total. The molecule has 0 aliphatic heterocycles. The van der Waals surface area contributed by atoms with E-state index in [2.05, 4.69) is 58.0 Å². The molecule has 5 heteroatoms. The number of hydrogen-bond donors (Lipinski definition) is 1. The largest absolute Gasteiger partial charge is 0.383 e. The number of nitrogens with two attached hydrogens (primary N) is 1. The molecule has 2 aliphatic rings. The first-order valence-corrected chi connectivity index (χ1v) is 9.90. The van der Waals surface area contributed by atoms with E-state index >= 15 is 0 Å². The van der Waals surface area contributed by atoms with Gasteiger partial charge < -0.3 is 10.3 Å². The van der Waals surface area contributed by atoms with Crippen LogP contribution in [0.25, 0.3) is 11.0 Å². The molecule has 2 aromatic rings. The normalized spacial score (nSPS) is 19.2. The highest BCUT2D eigenvalue weighted by Crippen LogP contribution is 2.39. The zero-order valence-corrected chi connectivity index (χ0v) is 17.3. The topological polar surface area (TPSA) is 56.7 Å². The van der Waals surface area contributed by atoms with Gasteiger partial charge in [-0.05, 0) is 31.2 Å². The summed E-state index contributed by atoms with van der Waals surface area (Å²) in [6, 6.07) is 0. The predicted octanol–water partition coefficient (Wildman–Crippen LogP) is 4.94. The highest BCUT2D eigenvalue weighted by molar-refractivity contribution is 5.90. The number of anilines is 1. The molecule has 2 atom stereocenters. The van der Waals surface area contributed by atoms with Crippen LogP contribution in [-0.2, 0) is 13.0 Å². The second kappa shape index (κ2) is 10.8. The molecule has 0 amide bonds. The number of aryl methyl sites for hydroxylation is 1. The van der Waals surface area contributed by atoms with E-state index in [1.165, 1.54) is 11.1 Å². The van der Waals surface area contributed by atoms with Crippen molar-refractivity contribution >= 4 is 25.3 Å². The van der Waals surface area contributed by atoms with Gasteiger partial charge in [-0.25, -0.2) is 9.97 Å². The lowest BCUT2D eigenvalue weighted by Gasteiger charge is -2.19. The van der Waals surface area contributed by atoms with Gasteiger partial charge in [-0.15, -0.1) is 0 Å². The van der Waals surface area contributed by atoms with Crippen molar-refractivity contribution in [3.05, 3.63) is 54.0 Å². The lowest BCUT2D eigenvalue weighted by molar-refractivity contribution is 0.571. The Balaban J connectivity index is 0.000000686. The van der Waals surface area contributed by atoms with Crippen molar-refractivity contribution in [3.8, 4) is 0 Å². The summed E-state index contributed by atoms with van der Waals surface area (Å²) in [6.45, 7) is 11.0. The molecule has 2 heterocycles. The van der Waals surface area contributed by atoms with Gasteiger partial charge >= 0.3 is 0 Å². The lowest BCUT2D eigenvalue weighted by Crippen LogP contribution is -2.10. The van der Waals surface area contributed by atoms with E-state index in [0.29, 0.717) is 17.7 Å². The molecule has 0 fully saturated rings. The van der Waals surface area contributed by atoms with E-state index in [0.717, 1.165) is 30.4 Å². The standard InChI is InChI=1S/C18H20N4.2C2H6.B/c1-2-22-10-14(16-17(19)20-11-21-18(16)22)9-13-8-7-12-5-3-4-6-15(12)13;2*1-2;/h3-6,8,10-12,15H,2,7,9H2,1H3,(H2,19,20,21);2*1-2H3;. The summed E-state index contributed by atoms with van der Waals surface area (Å²) in [5, 5.41) is 1.02. The maximum Gasteiger partial charge on any atom is 0.145 e. The van der Waals surface area contributed by atoms with Crippen LogP contribution >= 0.6 is 0 Å². The molecule has 2 aromatic heterocycles.